The van der Waals surface area contributed by atoms with Crippen LogP contribution in [-0.4, -0.2) is 22.3 Å². The van der Waals surface area contributed by atoms with Crippen molar-refractivity contribution in [3.8, 4) is 5.75 Å². The smallest absolute Gasteiger partial charge is 0.298 e. The summed E-state index contributed by atoms with van der Waals surface area (Å²) in [5.74, 6) is 0.0675. The number of Topliss-reactive ketones (excluding diaryl/α,β-unsaturated/α-hetero) is 1. The first-order valence-electron chi connectivity index (χ1n) is 7.43. The minimum Gasteiger partial charge on any atom is -0.428 e. The van der Waals surface area contributed by atoms with Gasteiger partial charge in [-0.3, -0.25) is 14.6 Å². The number of ether oxygens (including phenoxy) is 1. The molecule has 1 N–H and O–H groups in total. The standard InChI is InChI=1S/C19H15NO4/c21-11-14-8-7-13(19-15(14)5-3-9-20-19)10-17(23)16-4-1-2-6-18(16)24-12-22/h1-9,12,21H,10-11H2. The molecule has 3 rings (SSSR count). The second-order valence-corrected chi connectivity index (χ2v) is 5.25. The van der Waals surface area contributed by atoms with Crippen molar-refractivity contribution in [3.05, 3.63) is 71.4 Å². The van der Waals surface area contributed by atoms with Crippen molar-refractivity contribution in [1.82, 2.24) is 4.98 Å². The molecule has 3 aromatic rings. The zero-order chi connectivity index (χ0) is 16.9. The summed E-state index contributed by atoms with van der Waals surface area (Å²) in [5, 5.41) is 10.3. The van der Waals surface area contributed by atoms with E-state index in [0.717, 1.165) is 16.5 Å². The van der Waals surface area contributed by atoms with Crippen LogP contribution >= 0.6 is 0 Å². The molecule has 0 aliphatic carbocycles. The molecular weight excluding hydrogens is 306 g/mol. The van der Waals surface area contributed by atoms with Gasteiger partial charge in [-0.25, -0.2) is 0 Å². The summed E-state index contributed by atoms with van der Waals surface area (Å²) in [6.07, 6.45) is 1.78. The lowest BCUT2D eigenvalue weighted by Crippen LogP contribution is -2.07. The molecule has 0 fully saturated rings. The molecule has 0 spiro atoms. The number of para-hydroxylation sites is 1. The van der Waals surface area contributed by atoms with Crippen molar-refractivity contribution in [1.29, 1.82) is 0 Å². The summed E-state index contributed by atoms with van der Waals surface area (Å²) in [6.45, 7) is 0.214. The molecule has 0 atom stereocenters. The number of aliphatic hydroxyl groups is 1. The second kappa shape index (κ2) is 7.02. The first-order valence-corrected chi connectivity index (χ1v) is 7.43. The number of ketones is 1. The van der Waals surface area contributed by atoms with Gasteiger partial charge in [0, 0.05) is 18.0 Å². The highest BCUT2D eigenvalue weighted by Gasteiger charge is 2.15. The molecule has 0 aliphatic heterocycles. The number of hydrogen-bond acceptors (Lipinski definition) is 5. The van der Waals surface area contributed by atoms with Gasteiger partial charge in [0.1, 0.15) is 5.75 Å². The number of rotatable bonds is 6. The Kier molecular flexibility index (Phi) is 4.63. The Morgan fingerprint density at radius 3 is 2.67 bits per heavy atom. The average molecular weight is 321 g/mol. The molecular formula is C19H15NO4. The minimum absolute atomic E-state index is 0.0908. The van der Waals surface area contributed by atoms with Gasteiger partial charge in [0.2, 0.25) is 0 Å². The molecule has 0 unspecified atom stereocenters. The van der Waals surface area contributed by atoms with E-state index in [1.54, 1.807) is 48.7 Å². The Labute approximate surface area is 138 Å². The largest absolute Gasteiger partial charge is 0.428 e. The molecule has 2 aromatic carbocycles. The fourth-order valence-electron chi connectivity index (χ4n) is 2.69. The third kappa shape index (κ3) is 3.02. The minimum atomic E-state index is -0.170. The Bertz CT molecular complexity index is 905. The van der Waals surface area contributed by atoms with E-state index in [9.17, 15) is 14.7 Å². The molecule has 0 saturated carbocycles. The highest BCUT2D eigenvalue weighted by molar-refractivity contribution is 6.02. The van der Waals surface area contributed by atoms with Crippen LogP contribution in [0.25, 0.3) is 10.9 Å². The molecule has 0 saturated heterocycles. The Morgan fingerprint density at radius 1 is 1.08 bits per heavy atom. The summed E-state index contributed by atoms with van der Waals surface area (Å²) in [5.41, 5.74) is 2.55. The lowest BCUT2D eigenvalue weighted by atomic mass is 9.98. The number of aliphatic hydroxyl groups excluding tert-OH is 1. The van der Waals surface area contributed by atoms with Gasteiger partial charge in [0.05, 0.1) is 17.7 Å². The van der Waals surface area contributed by atoms with Crippen molar-refractivity contribution in [3.63, 3.8) is 0 Å². The van der Waals surface area contributed by atoms with E-state index >= 15 is 0 Å². The highest BCUT2D eigenvalue weighted by Crippen LogP contribution is 2.24. The van der Waals surface area contributed by atoms with E-state index in [1.807, 2.05) is 6.07 Å². The van der Waals surface area contributed by atoms with Gasteiger partial charge in [-0.15, -0.1) is 0 Å². The van der Waals surface area contributed by atoms with Gasteiger partial charge in [0.15, 0.2) is 5.78 Å². The summed E-state index contributed by atoms with van der Waals surface area (Å²) >= 11 is 0. The van der Waals surface area contributed by atoms with Crippen molar-refractivity contribution < 1.29 is 19.4 Å². The maximum Gasteiger partial charge on any atom is 0.298 e. The number of hydrogen-bond donors (Lipinski definition) is 1. The van der Waals surface area contributed by atoms with Crippen LogP contribution in [0.2, 0.25) is 0 Å². The van der Waals surface area contributed by atoms with Gasteiger partial charge in [0.25, 0.3) is 6.47 Å². The molecule has 120 valence electrons. The highest BCUT2D eigenvalue weighted by atomic mass is 16.5. The van der Waals surface area contributed by atoms with Crippen molar-refractivity contribution in [2.24, 2.45) is 0 Å². The topological polar surface area (TPSA) is 76.5 Å². The van der Waals surface area contributed by atoms with Gasteiger partial charge in [-0.1, -0.05) is 30.3 Å². The molecule has 24 heavy (non-hydrogen) atoms. The fourth-order valence-corrected chi connectivity index (χ4v) is 2.69. The number of benzene rings is 2. The van der Waals surface area contributed by atoms with Crippen LogP contribution in [0, 0.1) is 0 Å². The fraction of sp³-hybridized carbons (Fsp3) is 0.105. The van der Waals surface area contributed by atoms with Gasteiger partial charge in [-0.05, 0) is 29.3 Å². The number of nitrogens with zero attached hydrogens (tertiary/aromatic N) is 1. The summed E-state index contributed by atoms with van der Waals surface area (Å²) in [6, 6.07) is 13.9. The predicted octanol–water partition coefficient (Wildman–Crippen LogP) is 2.69. The lowest BCUT2D eigenvalue weighted by molar-refractivity contribution is -0.120. The van der Waals surface area contributed by atoms with E-state index < -0.39 is 0 Å². The Morgan fingerprint density at radius 2 is 1.88 bits per heavy atom. The summed E-state index contributed by atoms with van der Waals surface area (Å²) in [4.78, 5) is 27.6. The maximum atomic E-state index is 12.6. The molecule has 0 bridgehead atoms. The number of pyridine rings is 1. The quantitative estimate of drug-likeness (QED) is 0.558. The third-order valence-corrected chi connectivity index (χ3v) is 3.83. The molecule has 1 heterocycles. The molecule has 0 radical (unpaired) electrons. The van der Waals surface area contributed by atoms with E-state index in [4.69, 9.17) is 4.74 Å². The molecule has 5 heteroatoms. The number of fused-ring (bicyclic) bond motifs is 1. The van der Waals surface area contributed by atoms with E-state index in [0.29, 0.717) is 17.6 Å². The van der Waals surface area contributed by atoms with Crippen molar-refractivity contribution in [2.45, 2.75) is 13.0 Å². The number of carbonyl (C=O) groups is 2. The third-order valence-electron chi connectivity index (χ3n) is 3.83. The van der Waals surface area contributed by atoms with Crippen molar-refractivity contribution in [2.75, 3.05) is 0 Å². The molecule has 0 amide bonds. The van der Waals surface area contributed by atoms with Crippen LogP contribution in [0.3, 0.4) is 0 Å². The Hall–Kier alpha value is -3.05. The first-order chi connectivity index (χ1) is 11.7. The molecule has 0 aliphatic rings. The van der Waals surface area contributed by atoms with Gasteiger partial charge >= 0.3 is 0 Å². The molecule has 1 aromatic heterocycles. The van der Waals surface area contributed by atoms with E-state index in [2.05, 4.69) is 4.98 Å². The zero-order valence-electron chi connectivity index (χ0n) is 12.8. The summed E-state index contributed by atoms with van der Waals surface area (Å²) in [7, 11) is 0. The van der Waals surface area contributed by atoms with Crippen LogP contribution in [0.15, 0.2) is 54.7 Å². The van der Waals surface area contributed by atoms with Crippen LogP contribution < -0.4 is 4.74 Å². The van der Waals surface area contributed by atoms with Crippen LogP contribution in [0.1, 0.15) is 21.5 Å². The predicted molar refractivity (Wildman–Crippen MR) is 88.8 cm³/mol. The first kappa shape index (κ1) is 15.8. The average Bonchev–Trinajstić information content (AvgIpc) is 2.62. The van der Waals surface area contributed by atoms with E-state index in [-0.39, 0.29) is 24.6 Å². The van der Waals surface area contributed by atoms with Crippen LogP contribution in [0.5, 0.6) is 5.75 Å². The number of aromatic nitrogens is 1. The SMILES string of the molecule is O=COc1ccccc1C(=O)Cc1ccc(CO)c2cccnc12. The van der Waals surface area contributed by atoms with Gasteiger partial charge in [-0.2, -0.15) is 0 Å². The monoisotopic (exact) mass is 321 g/mol. The van der Waals surface area contributed by atoms with Crippen LogP contribution in [0.4, 0.5) is 0 Å². The summed E-state index contributed by atoms with van der Waals surface area (Å²) < 4.78 is 4.87. The lowest BCUT2D eigenvalue weighted by Gasteiger charge is -2.10. The van der Waals surface area contributed by atoms with Crippen LogP contribution in [-0.2, 0) is 17.8 Å². The normalized spacial score (nSPS) is 10.5. The maximum absolute atomic E-state index is 12.6. The Balaban J connectivity index is 1.99. The number of carbonyl (C=O) groups excluding carboxylic acids is 2. The second-order valence-electron chi connectivity index (χ2n) is 5.25. The molecule has 5 nitrogen and oxygen atoms in total. The van der Waals surface area contributed by atoms with Gasteiger partial charge < -0.3 is 9.84 Å². The van der Waals surface area contributed by atoms with E-state index in [1.165, 1.54) is 0 Å². The zero-order valence-corrected chi connectivity index (χ0v) is 12.8. The van der Waals surface area contributed by atoms with Crippen molar-refractivity contribution >= 4 is 23.2 Å².